The SMILES string of the molecule is O=C(O)c1ccc(C[n+]2ccc(/C=C/c3ccncc3)cc2)cc1. The molecule has 24 heavy (non-hydrogen) atoms. The van der Waals surface area contributed by atoms with E-state index in [0.29, 0.717) is 12.1 Å². The summed E-state index contributed by atoms with van der Waals surface area (Å²) in [4.78, 5) is 14.9. The predicted octanol–water partition coefficient (Wildman–Crippen LogP) is 3.29. The summed E-state index contributed by atoms with van der Waals surface area (Å²) >= 11 is 0. The van der Waals surface area contributed by atoms with Gasteiger partial charge in [-0.25, -0.2) is 9.36 Å². The maximum atomic E-state index is 10.9. The fourth-order valence-electron chi connectivity index (χ4n) is 2.32. The number of carboxylic acid groups (broad SMARTS) is 1. The molecule has 0 aliphatic carbocycles. The second-order valence-corrected chi connectivity index (χ2v) is 5.42. The van der Waals surface area contributed by atoms with Gasteiger partial charge in [0.2, 0.25) is 0 Å². The standard InChI is InChI=1S/C20H16N2O2/c23-20(24)19-5-3-18(4-6-19)15-22-13-9-17(10-14-22)2-1-16-7-11-21-12-8-16/h1-14H,15H2/p+1/b2-1+. The Bertz CT molecular complexity index is 839. The molecule has 2 aromatic heterocycles. The predicted molar refractivity (Wildman–Crippen MR) is 92.3 cm³/mol. The highest BCUT2D eigenvalue weighted by atomic mass is 16.4. The lowest BCUT2D eigenvalue weighted by atomic mass is 10.1. The zero-order valence-electron chi connectivity index (χ0n) is 13.0. The molecule has 0 aliphatic heterocycles. The smallest absolute Gasteiger partial charge is 0.335 e. The van der Waals surface area contributed by atoms with Crippen molar-refractivity contribution in [3.63, 3.8) is 0 Å². The minimum Gasteiger partial charge on any atom is -0.478 e. The number of rotatable bonds is 5. The molecule has 2 heterocycles. The van der Waals surface area contributed by atoms with E-state index in [1.807, 2.05) is 54.9 Å². The van der Waals surface area contributed by atoms with Crippen molar-refractivity contribution in [2.24, 2.45) is 0 Å². The Morgan fingerprint density at radius 1 is 0.917 bits per heavy atom. The molecule has 0 atom stereocenters. The number of benzene rings is 1. The summed E-state index contributed by atoms with van der Waals surface area (Å²) in [5.74, 6) is -0.903. The third-order valence-electron chi connectivity index (χ3n) is 3.66. The minimum absolute atomic E-state index is 0.306. The summed E-state index contributed by atoms with van der Waals surface area (Å²) in [6.07, 6.45) is 11.7. The Morgan fingerprint density at radius 2 is 1.50 bits per heavy atom. The number of pyridine rings is 2. The lowest BCUT2D eigenvalue weighted by Crippen LogP contribution is -2.33. The van der Waals surface area contributed by atoms with Crippen LogP contribution in [0.5, 0.6) is 0 Å². The number of carboxylic acids is 1. The summed E-state index contributed by atoms with van der Waals surface area (Å²) in [6, 6.07) is 14.9. The highest BCUT2D eigenvalue weighted by Gasteiger charge is 2.05. The molecule has 0 radical (unpaired) electrons. The zero-order valence-corrected chi connectivity index (χ0v) is 13.0. The molecule has 0 saturated heterocycles. The van der Waals surface area contributed by atoms with Crippen LogP contribution >= 0.6 is 0 Å². The van der Waals surface area contributed by atoms with E-state index in [1.54, 1.807) is 24.5 Å². The van der Waals surface area contributed by atoms with Gasteiger partial charge in [-0.2, -0.15) is 0 Å². The molecular formula is C20H17N2O2+. The van der Waals surface area contributed by atoms with Gasteiger partial charge in [0.25, 0.3) is 0 Å². The molecule has 0 unspecified atom stereocenters. The van der Waals surface area contributed by atoms with Crippen LogP contribution in [-0.2, 0) is 6.54 Å². The summed E-state index contributed by atoms with van der Waals surface area (Å²) in [5.41, 5.74) is 3.59. The van der Waals surface area contributed by atoms with Gasteiger partial charge in [-0.05, 0) is 35.4 Å². The summed E-state index contributed by atoms with van der Waals surface area (Å²) in [7, 11) is 0. The Balaban J connectivity index is 1.66. The van der Waals surface area contributed by atoms with Crippen molar-refractivity contribution in [1.29, 1.82) is 0 Å². The number of aromatic carboxylic acids is 1. The van der Waals surface area contributed by atoms with Crippen LogP contribution in [0.2, 0.25) is 0 Å². The van der Waals surface area contributed by atoms with E-state index in [9.17, 15) is 4.79 Å². The summed E-state index contributed by atoms with van der Waals surface area (Å²) in [5, 5.41) is 8.91. The van der Waals surface area contributed by atoms with Crippen molar-refractivity contribution in [2.75, 3.05) is 0 Å². The highest BCUT2D eigenvalue weighted by Crippen LogP contribution is 2.07. The van der Waals surface area contributed by atoms with Crippen LogP contribution in [0.3, 0.4) is 0 Å². The van der Waals surface area contributed by atoms with Gasteiger partial charge in [-0.15, -0.1) is 0 Å². The first kappa shape index (κ1) is 15.6. The third-order valence-corrected chi connectivity index (χ3v) is 3.66. The van der Waals surface area contributed by atoms with Crippen LogP contribution in [-0.4, -0.2) is 16.1 Å². The fraction of sp³-hybridized carbons (Fsp3) is 0.0500. The first-order valence-electron chi connectivity index (χ1n) is 7.60. The van der Waals surface area contributed by atoms with Crippen LogP contribution in [0, 0.1) is 0 Å². The van der Waals surface area contributed by atoms with Crippen LogP contribution in [0.4, 0.5) is 0 Å². The van der Waals surface area contributed by atoms with Gasteiger partial charge in [-0.1, -0.05) is 24.3 Å². The number of hydrogen-bond acceptors (Lipinski definition) is 2. The molecule has 118 valence electrons. The molecule has 0 fully saturated rings. The van der Waals surface area contributed by atoms with Crippen molar-refractivity contribution < 1.29 is 14.5 Å². The molecular weight excluding hydrogens is 300 g/mol. The first-order chi connectivity index (χ1) is 11.7. The molecule has 4 nitrogen and oxygen atoms in total. The maximum Gasteiger partial charge on any atom is 0.335 e. The van der Waals surface area contributed by atoms with Gasteiger partial charge < -0.3 is 5.11 Å². The lowest BCUT2D eigenvalue weighted by Gasteiger charge is -2.00. The molecule has 3 rings (SSSR count). The molecule has 0 spiro atoms. The zero-order chi connectivity index (χ0) is 16.8. The van der Waals surface area contributed by atoms with E-state index in [0.717, 1.165) is 16.7 Å². The van der Waals surface area contributed by atoms with E-state index < -0.39 is 5.97 Å². The molecule has 3 aromatic rings. The molecule has 4 heteroatoms. The van der Waals surface area contributed by atoms with Crippen LogP contribution in [0.25, 0.3) is 12.2 Å². The van der Waals surface area contributed by atoms with Crippen LogP contribution in [0.1, 0.15) is 27.0 Å². The first-order valence-corrected chi connectivity index (χ1v) is 7.60. The Morgan fingerprint density at radius 3 is 2.08 bits per heavy atom. The fourth-order valence-corrected chi connectivity index (χ4v) is 2.32. The molecule has 0 aliphatic rings. The topological polar surface area (TPSA) is 54.1 Å². The average Bonchev–Trinajstić information content (AvgIpc) is 2.62. The van der Waals surface area contributed by atoms with Gasteiger partial charge in [0.1, 0.15) is 0 Å². The van der Waals surface area contributed by atoms with E-state index in [-0.39, 0.29) is 0 Å². The van der Waals surface area contributed by atoms with Gasteiger partial charge in [-0.3, -0.25) is 4.98 Å². The lowest BCUT2D eigenvalue weighted by molar-refractivity contribution is -0.688. The Labute approximate surface area is 140 Å². The van der Waals surface area contributed by atoms with Crippen molar-refractivity contribution in [3.8, 4) is 0 Å². The van der Waals surface area contributed by atoms with E-state index in [4.69, 9.17) is 5.11 Å². The third kappa shape index (κ3) is 4.14. The molecule has 1 aromatic carbocycles. The van der Waals surface area contributed by atoms with Gasteiger partial charge >= 0.3 is 5.97 Å². The van der Waals surface area contributed by atoms with Gasteiger partial charge in [0, 0.05) is 30.1 Å². The van der Waals surface area contributed by atoms with Crippen LogP contribution < -0.4 is 4.57 Å². The number of aromatic nitrogens is 2. The molecule has 0 amide bonds. The quantitative estimate of drug-likeness (QED) is 0.735. The Hall–Kier alpha value is -3.27. The number of hydrogen-bond donors (Lipinski definition) is 1. The van der Waals surface area contributed by atoms with Crippen molar-refractivity contribution in [2.45, 2.75) is 6.54 Å². The monoisotopic (exact) mass is 317 g/mol. The normalized spacial score (nSPS) is 10.8. The van der Waals surface area contributed by atoms with Crippen LogP contribution in [0.15, 0.2) is 73.3 Å². The van der Waals surface area contributed by atoms with E-state index in [1.165, 1.54) is 0 Å². The summed E-state index contributed by atoms with van der Waals surface area (Å²) < 4.78 is 2.06. The second-order valence-electron chi connectivity index (χ2n) is 5.42. The highest BCUT2D eigenvalue weighted by molar-refractivity contribution is 5.87. The summed E-state index contributed by atoms with van der Waals surface area (Å²) in [6.45, 7) is 0.703. The minimum atomic E-state index is -0.903. The largest absolute Gasteiger partial charge is 0.478 e. The second kappa shape index (κ2) is 7.33. The van der Waals surface area contributed by atoms with Crippen molar-refractivity contribution in [1.82, 2.24) is 4.98 Å². The van der Waals surface area contributed by atoms with E-state index in [2.05, 4.69) is 15.6 Å². The molecule has 0 bridgehead atoms. The van der Waals surface area contributed by atoms with Crippen molar-refractivity contribution >= 4 is 18.1 Å². The number of carbonyl (C=O) groups is 1. The molecule has 1 N–H and O–H groups in total. The molecule has 0 saturated carbocycles. The maximum absolute atomic E-state index is 10.9. The average molecular weight is 317 g/mol. The van der Waals surface area contributed by atoms with E-state index >= 15 is 0 Å². The van der Waals surface area contributed by atoms with Gasteiger partial charge in [0.15, 0.2) is 18.9 Å². The number of nitrogens with zero attached hydrogens (tertiary/aromatic N) is 2. The van der Waals surface area contributed by atoms with Gasteiger partial charge in [0.05, 0.1) is 5.56 Å². The Kier molecular flexibility index (Phi) is 4.77. The van der Waals surface area contributed by atoms with Crippen molar-refractivity contribution in [3.05, 3.63) is 95.6 Å².